The highest BCUT2D eigenvalue weighted by Crippen LogP contribution is 2.18. The number of methoxy groups -OCH3 is 1. The lowest BCUT2D eigenvalue weighted by Gasteiger charge is -2.11. The van der Waals surface area contributed by atoms with Gasteiger partial charge in [-0.25, -0.2) is 10.2 Å². The first kappa shape index (κ1) is 16.2. The lowest BCUT2D eigenvalue weighted by atomic mass is 9.95. The lowest BCUT2D eigenvalue weighted by Crippen LogP contribution is -2.25. The third-order valence-corrected chi connectivity index (χ3v) is 3.04. The summed E-state index contributed by atoms with van der Waals surface area (Å²) in [5.41, 5.74) is 2.97. The van der Waals surface area contributed by atoms with Crippen LogP contribution in [0.5, 0.6) is 0 Å². The molecule has 0 amide bonds. The number of hydrogen-bond acceptors (Lipinski definition) is 8. The number of H-pyrrole nitrogens is 1. The van der Waals surface area contributed by atoms with Gasteiger partial charge in [-0.15, -0.1) is 0 Å². The van der Waals surface area contributed by atoms with Gasteiger partial charge in [0.05, 0.1) is 13.2 Å². The van der Waals surface area contributed by atoms with Gasteiger partial charge in [-0.2, -0.15) is 20.1 Å². The van der Waals surface area contributed by atoms with Crippen molar-refractivity contribution in [3.63, 3.8) is 0 Å². The molecule has 0 unspecified atom stereocenters. The Morgan fingerprint density at radius 3 is 2.78 bits per heavy atom. The molecular weight excluding hydrogens is 318 g/mol. The van der Waals surface area contributed by atoms with Gasteiger partial charge in [0.2, 0.25) is 4.77 Å². The molecule has 0 spiro atoms. The van der Waals surface area contributed by atoms with Crippen LogP contribution in [0, 0.1) is 16.1 Å². The molecule has 4 N–H and O–H groups in total. The number of anilines is 1. The molecule has 9 nitrogen and oxygen atoms in total. The molecule has 0 fully saturated rings. The lowest BCUT2D eigenvalue weighted by molar-refractivity contribution is -0.132. The van der Waals surface area contributed by atoms with E-state index in [1.807, 2.05) is 6.07 Å². The zero-order valence-corrected chi connectivity index (χ0v) is 12.9. The summed E-state index contributed by atoms with van der Waals surface area (Å²) in [6, 6.07) is 10.8. The first-order valence-electron chi connectivity index (χ1n) is 6.37. The number of nitrogen functional groups attached to an aromatic ring is 1. The predicted molar refractivity (Wildman–Crippen MR) is 85.4 cm³/mol. The molecule has 1 aromatic carbocycles. The summed E-state index contributed by atoms with van der Waals surface area (Å²) in [5.74, 6) is 4.00. The first-order valence-corrected chi connectivity index (χ1v) is 6.78. The molecule has 0 aliphatic heterocycles. The Hall–Kier alpha value is -3.19. The summed E-state index contributed by atoms with van der Waals surface area (Å²) in [7, 11) is 1.20. The van der Waals surface area contributed by atoms with Crippen molar-refractivity contribution in [2.45, 2.75) is 5.92 Å². The highest BCUT2D eigenvalue weighted by atomic mass is 32.1. The molecule has 2 aromatic rings. The zero-order valence-electron chi connectivity index (χ0n) is 12.1. The molecule has 0 bridgehead atoms. The highest BCUT2D eigenvalue weighted by Gasteiger charge is 2.26. The molecule has 1 atom stereocenters. The fourth-order valence-corrected chi connectivity index (χ4v) is 1.98. The average Bonchev–Trinajstić information content (AvgIpc) is 2.89. The van der Waals surface area contributed by atoms with Crippen LogP contribution in [-0.2, 0) is 9.53 Å². The summed E-state index contributed by atoms with van der Waals surface area (Å²) in [4.78, 5) is 16.8. The Morgan fingerprint density at radius 2 is 2.26 bits per heavy atom. The van der Waals surface area contributed by atoms with Crippen LogP contribution < -0.4 is 11.3 Å². The molecule has 23 heavy (non-hydrogen) atoms. The molecule has 0 aliphatic carbocycles. The van der Waals surface area contributed by atoms with Crippen LogP contribution in [0.3, 0.4) is 0 Å². The summed E-state index contributed by atoms with van der Waals surface area (Å²) < 4.78 is 4.84. The van der Waals surface area contributed by atoms with Crippen LogP contribution in [-0.4, -0.2) is 33.7 Å². The summed E-state index contributed by atoms with van der Waals surface area (Å²) >= 11 is 4.83. The van der Waals surface area contributed by atoms with E-state index in [1.54, 1.807) is 30.3 Å². The third kappa shape index (κ3) is 3.72. The van der Waals surface area contributed by atoms with E-state index in [4.69, 9.17) is 22.8 Å². The number of benzene rings is 1. The topological polar surface area (TPSA) is 134 Å². The Kier molecular flexibility index (Phi) is 5.06. The number of hydrogen-bond donors (Lipinski definition) is 3. The third-order valence-electron chi connectivity index (χ3n) is 2.86. The van der Waals surface area contributed by atoms with Crippen LogP contribution in [0.25, 0.3) is 0 Å². The second-order valence-corrected chi connectivity index (χ2v) is 4.68. The molecule has 1 heterocycles. The number of esters is 1. The van der Waals surface area contributed by atoms with Crippen molar-refractivity contribution in [1.29, 1.82) is 5.26 Å². The molecule has 0 saturated heterocycles. The van der Waals surface area contributed by atoms with E-state index in [-0.39, 0.29) is 16.4 Å². The number of aromatic nitrogens is 3. The molecule has 0 aliphatic rings. The maximum Gasteiger partial charge on any atom is 0.355 e. The number of carbonyl (C=O) groups is 1. The van der Waals surface area contributed by atoms with Gasteiger partial charge in [-0.05, 0) is 17.8 Å². The summed E-state index contributed by atoms with van der Waals surface area (Å²) in [6.45, 7) is 0. The number of nitrogens with two attached hydrogens (primary N) is 1. The van der Waals surface area contributed by atoms with Crippen molar-refractivity contribution in [3.8, 4) is 6.07 Å². The van der Waals surface area contributed by atoms with Gasteiger partial charge in [-0.1, -0.05) is 30.3 Å². The maximum atomic E-state index is 12.0. The van der Waals surface area contributed by atoms with Gasteiger partial charge in [0.15, 0.2) is 5.71 Å². The minimum absolute atomic E-state index is 0.0844. The van der Waals surface area contributed by atoms with Crippen LogP contribution in [0.4, 0.5) is 5.95 Å². The van der Waals surface area contributed by atoms with E-state index in [2.05, 4.69) is 20.6 Å². The number of nitriles is 1. The number of nitrogens with zero attached hydrogens (tertiary/aromatic N) is 4. The van der Waals surface area contributed by atoms with Gasteiger partial charge in [0, 0.05) is 0 Å². The fraction of sp³-hybridized carbons (Fsp3) is 0.154. The van der Waals surface area contributed by atoms with Gasteiger partial charge in [0.1, 0.15) is 5.92 Å². The fourth-order valence-electron chi connectivity index (χ4n) is 1.79. The monoisotopic (exact) mass is 331 g/mol. The van der Waals surface area contributed by atoms with Crippen LogP contribution >= 0.6 is 12.2 Å². The molecule has 0 saturated carbocycles. The second kappa shape index (κ2) is 7.19. The highest BCUT2D eigenvalue weighted by molar-refractivity contribution is 7.71. The van der Waals surface area contributed by atoms with E-state index in [9.17, 15) is 10.1 Å². The van der Waals surface area contributed by atoms with Crippen LogP contribution in [0.1, 0.15) is 11.5 Å². The summed E-state index contributed by atoms with van der Waals surface area (Å²) in [5, 5.41) is 15.9. The van der Waals surface area contributed by atoms with Crippen molar-refractivity contribution in [2.75, 3.05) is 18.4 Å². The Labute approximate surface area is 136 Å². The zero-order chi connectivity index (χ0) is 16.8. The Morgan fingerprint density at radius 1 is 1.57 bits per heavy atom. The van der Waals surface area contributed by atoms with Crippen molar-refractivity contribution in [2.24, 2.45) is 5.10 Å². The number of nitrogens with one attached hydrogen (secondary N) is 2. The van der Waals surface area contributed by atoms with E-state index in [1.165, 1.54) is 7.11 Å². The van der Waals surface area contributed by atoms with E-state index in [0.717, 1.165) is 4.79 Å². The second-order valence-electron chi connectivity index (χ2n) is 4.30. The van der Waals surface area contributed by atoms with Crippen molar-refractivity contribution >= 4 is 29.8 Å². The van der Waals surface area contributed by atoms with Crippen molar-refractivity contribution < 1.29 is 9.53 Å². The summed E-state index contributed by atoms with van der Waals surface area (Å²) in [6.07, 6.45) is 0. The molecule has 1 aromatic heterocycles. The van der Waals surface area contributed by atoms with Crippen LogP contribution in [0.15, 0.2) is 35.4 Å². The number of ether oxygens (including phenoxy) is 1. The molecule has 0 radical (unpaired) electrons. The molecule has 2 rings (SSSR count). The largest absolute Gasteiger partial charge is 0.464 e. The number of hydrazone groups is 1. The van der Waals surface area contributed by atoms with E-state index in [0.29, 0.717) is 5.56 Å². The smallest absolute Gasteiger partial charge is 0.355 e. The number of rotatable bonds is 5. The van der Waals surface area contributed by atoms with Gasteiger partial charge >= 0.3 is 5.97 Å². The van der Waals surface area contributed by atoms with Gasteiger partial charge in [0.25, 0.3) is 5.95 Å². The van der Waals surface area contributed by atoms with Gasteiger partial charge in [-0.3, -0.25) is 5.10 Å². The number of aromatic amines is 1. The first-order chi connectivity index (χ1) is 11.1. The Bertz CT molecular complexity index is 819. The quantitative estimate of drug-likeness (QED) is 0.244. The normalized spacial score (nSPS) is 12.3. The standard InChI is InChI=1S/C13H13N7O2S/c1-22-11(21)10(9(7-14)8-5-3-2-4-6-8)17-18-12-16-13(23)19-20(12)15/h2-6,9H,15H2,1H3,(H2,16,18,19,23)/b17-10-/t9-/m1/s1. The minimum Gasteiger partial charge on any atom is -0.464 e. The van der Waals surface area contributed by atoms with Gasteiger partial charge < -0.3 is 10.6 Å². The van der Waals surface area contributed by atoms with Crippen molar-refractivity contribution in [3.05, 3.63) is 40.7 Å². The molecule has 10 heteroatoms. The number of carbonyl (C=O) groups excluding carboxylic acids is 1. The Balaban J connectivity index is 2.38. The SMILES string of the molecule is COC(=O)/C(=N\Nc1nc(=S)[nH]n1N)[C@H](C#N)c1ccccc1. The minimum atomic E-state index is -0.913. The average molecular weight is 331 g/mol. The molecular formula is C13H13N7O2S. The maximum absolute atomic E-state index is 12.0. The molecule has 118 valence electrons. The van der Waals surface area contributed by atoms with E-state index >= 15 is 0 Å². The predicted octanol–water partition coefficient (Wildman–Crippen LogP) is 0.903. The van der Waals surface area contributed by atoms with E-state index < -0.39 is 11.9 Å². The van der Waals surface area contributed by atoms with Crippen molar-refractivity contribution in [1.82, 2.24) is 14.9 Å². The van der Waals surface area contributed by atoms with Crippen LogP contribution in [0.2, 0.25) is 0 Å².